The summed E-state index contributed by atoms with van der Waals surface area (Å²) in [7, 11) is 0. The Morgan fingerprint density at radius 3 is 1.53 bits per heavy atom. The molecule has 8 aromatic carbocycles. The Hall–Kier alpha value is -6.91. The van der Waals surface area contributed by atoms with E-state index in [2.05, 4.69) is 143 Å². The summed E-state index contributed by atoms with van der Waals surface area (Å²) in [4.78, 5) is 6.61. The Morgan fingerprint density at radius 2 is 0.902 bits per heavy atom. The maximum absolute atomic E-state index is 6.51. The van der Waals surface area contributed by atoms with Crippen molar-refractivity contribution in [3.63, 3.8) is 0 Å². The predicted octanol–water partition coefficient (Wildman–Crippen LogP) is 13.5. The molecule has 238 valence electrons. The Morgan fingerprint density at radius 1 is 0.373 bits per heavy atom. The Labute approximate surface area is 292 Å². The van der Waals surface area contributed by atoms with Crippen molar-refractivity contribution in [2.45, 2.75) is 0 Å². The maximum atomic E-state index is 6.51. The summed E-state index contributed by atoms with van der Waals surface area (Å²) < 4.78 is 13.0. The molecule has 4 heteroatoms. The normalized spacial score (nSPS) is 11.9. The second-order valence-corrected chi connectivity index (χ2v) is 13.2. The molecular formula is C47H28N2O2. The van der Waals surface area contributed by atoms with Gasteiger partial charge in [-0.1, -0.05) is 84.9 Å². The lowest BCUT2D eigenvalue weighted by Crippen LogP contribution is -2.10. The molecule has 0 amide bonds. The molecule has 3 aromatic heterocycles. The van der Waals surface area contributed by atoms with Gasteiger partial charge in [0.1, 0.15) is 22.3 Å². The molecule has 0 spiro atoms. The maximum Gasteiger partial charge on any atom is 0.143 e. The minimum atomic E-state index is 0.896. The first-order valence-corrected chi connectivity index (χ1v) is 17.2. The number of anilines is 3. The van der Waals surface area contributed by atoms with E-state index in [1.54, 1.807) is 0 Å². The van der Waals surface area contributed by atoms with Crippen LogP contribution in [0.2, 0.25) is 0 Å². The summed E-state index contributed by atoms with van der Waals surface area (Å²) in [5.74, 6) is 0. The van der Waals surface area contributed by atoms with Crippen LogP contribution in [0.3, 0.4) is 0 Å². The van der Waals surface area contributed by atoms with Gasteiger partial charge in [0, 0.05) is 67.2 Å². The third-order valence-electron chi connectivity index (χ3n) is 10.3. The number of nitrogens with zero attached hydrogens (tertiary/aromatic N) is 2. The second-order valence-electron chi connectivity index (χ2n) is 13.2. The van der Waals surface area contributed by atoms with Crippen molar-refractivity contribution in [1.29, 1.82) is 0 Å². The number of hydrogen-bond acceptors (Lipinski definition) is 4. The molecule has 11 rings (SSSR count). The first-order chi connectivity index (χ1) is 25.2. The SMILES string of the molecule is c1ccc2c(c1)oc1c3cc(N(c4ccc(-c5ccc6cnccc6c5)cc4)c4ccc5ccc6c7ccccc7oc6c5c4)ccc3ccc21. The van der Waals surface area contributed by atoms with E-state index in [-0.39, 0.29) is 0 Å². The third kappa shape index (κ3) is 4.37. The molecule has 11 aromatic rings. The monoisotopic (exact) mass is 652 g/mol. The van der Waals surface area contributed by atoms with Crippen molar-refractivity contribution in [2.75, 3.05) is 4.90 Å². The van der Waals surface area contributed by atoms with E-state index in [1.807, 2.05) is 36.7 Å². The highest BCUT2D eigenvalue weighted by Gasteiger charge is 2.18. The topological polar surface area (TPSA) is 42.4 Å². The Kier molecular flexibility index (Phi) is 5.92. The van der Waals surface area contributed by atoms with Gasteiger partial charge in [0.2, 0.25) is 0 Å². The summed E-state index contributed by atoms with van der Waals surface area (Å²) in [6, 6.07) is 56.0. The van der Waals surface area contributed by atoms with Crippen LogP contribution < -0.4 is 4.90 Å². The van der Waals surface area contributed by atoms with Crippen LogP contribution in [-0.2, 0) is 0 Å². The largest absolute Gasteiger partial charge is 0.455 e. The number of fused-ring (bicyclic) bond motifs is 11. The number of pyridine rings is 1. The smallest absolute Gasteiger partial charge is 0.143 e. The minimum absolute atomic E-state index is 0.896. The molecule has 0 saturated heterocycles. The quantitative estimate of drug-likeness (QED) is 0.190. The summed E-state index contributed by atoms with van der Waals surface area (Å²) >= 11 is 0. The first kappa shape index (κ1) is 28.0. The fourth-order valence-corrected chi connectivity index (χ4v) is 7.77. The molecule has 0 radical (unpaired) electrons. The van der Waals surface area contributed by atoms with Gasteiger partial charge >= 0.3 is 0 Å². The highest BCUT2D eigenvalue weighted by Crippen LogP contribution is 2.42. The van der Waals surface area contributed by atoms with E-state index in [1.165, 1.54) is 10.9 Å². The van der Waals surface area contributed by atoms with E-state index < -0.39 is 0 Å². The van der Waals surface area contributed by atoms with Crippen LogP contribution in [0.15, 0.2) is 179 Å². The van der Waals surface area contributed by atoms with Gasteiger partial charge in [-0.05, 0) is 100 Å². The molecule has 0 aliphatic rings. The number of benzene rings is 8. The van der Waals surface area contributed by atoms with Crippen LogP contribution in [-0.4, -0.2) is 4.98 Å². The fraction of sp³-hybridized carbons (Fsp3) is 0. The second kappa shape index (κ2) is 10.8. The van der Waals surface area contributed by atoms with Crippen LogP contribution in [0.4, 0.5) is 17.1 Å². The highest BCUT2D eigenvalue weighted by molar-refractivity contribution is 6.17. The molecule has 0 N–H and O–H groups in total. The first-order valence-electron chi connectivity index (χ1n) is 17.2. The van der Waals surface area contributed by atoms with E-state index in [9.17, 15) is 0 Å². The molecule has 0 saturated carbocycles. The molecular weight excluding hydrogens is 625 g/mol. The van der Waals surface area contributed by atoms with Crippen molar-refractivity contribution in [2.24, 2.45) is 0 Å². The van der Waals surface area contributed by atoms with Crippen molar-refractivity contribution in [1.82, 2.24) is 4.98 Å². The number of rotatable bonds is 4. The number of furan rings is 2. The molecule has 0 aliphatic heterocycles. The lowest BCUT2D eigenvalue weighted by atomic mass is 10.0. The van der Waals surface area contributed by atoms with Crippen LogP contribution in [0.5, 0.6) is 0 Å². The molecule has 0 fully saturated rings. The van der Waals surface area contributed by atoms with Gasteiger partial charge in [-0.25, -0.2) is 0 Å². The summed E-state index contributed by atoms with van der Waals surface area (Å²) in [6.07, 6.45) is 3.75. The Bertz CT molecular complexity index is 3000. The standard InChI is InChI=1S/C47H28N2O2/c1-3-7-44-38(5-1)40-21-15-30-13-19-36(26-42(30)46(40)50-44)49(35-17-11-29(12-18-35)32-9-10-34-28-48-24-23-33(34)25-32)37-20-14-31-16-22-41-39-6-2-4-8-45(39)51-47(41)43(31)27-37/h1-28H. The minimum Gasteiger partial charge on any atom is -0.455 e. The fourth-order valence-electron chi connectivity index (χ4n) is 7.77. The van der Waals surface area contributed by atoms with Gasteiger partial charge in [0.05, 0.1) is 0 Å². The van der Waals surface area contributed by atoms with Crippen LogP contribution in [0.25, 0.3) is 87.3 Å². The van der Waals surface area contributed by atoms with Crippen LogP contribution >= 0.6 is 0 Å². The van der Waals surface area contributed by atoms with Crippen molar-refractivity contribution in [3.8, 4) is 11.1 Å². The van der Waals surface area contributed by atoms with E-state index in [0.29, 0.717) is 0 Å². The molecule has 3 heterocycles. The van der Waals surface area contributed by atoms with Crippen molar-refractivity contribution < 1.29 is 8.83 Å². The predicted molar refractivity (Wildman–Crippen MR) is 211 cm³/mol. The molecule has 4 nitrogen and oxygen atoms in total. The van der Waals surface area contributed by atoms with Crippen LogP contribution in [0, 0.1) is 0 Å². The van der Waals surface area contributed by atoms with Gasteiger partial charge < -0.3 is 13.7 Å². The third-order valence-corrected chi connectivity index (χ3v) is 10.3. The van der Waals surface area contributed by atoms with Crippen molar-refractivity contribution >= 4 is 93.3 Å². The van der Waals surface area contributed by atoms with E-state index >= 15 is 0 Å². The molecule has 0 unspecified atom stereocenters. The van der Waals surface area contributed by atoms with Gasteiger partial charge in [-0.2, -0.15) is 0 Å². The zero-order chi connectivity index (χ0) is 33.5. The van der Waals surface area contributed by atoms with E-state index in [0.717, 1.165) is 93.4 Å². The highest BCUT2D eigenvalue weighted by atomic mass is 16.3. The van der Waals surface area contributed by atoms with Crippen molar-refractivity contribution in [3.05, 3.63) is 170 Å². The zero-order valence-corrected chi connectivity index (χ0v) is 27.4. The molecule has 0 bridgehead atoms. The van der Waals surface area contributed by atoms with Gasteiger partial charge in [0.25, 0.3) is 0 Å². The summed E-state index contributed by atoms with van der Waals surface area (Å²) in [6.45, 7) is 0. The molecule has 51 heavy (non-hydrogen) atoms. The lowest BCUT2D eigenvalue weighted by molar-refractivity contribution is 0.672. The molecule has 0 atom stereocenters. The van der Waals surface area contributed by atoms with Gasteiger partial charge in [0.15, 0.2) is 0 Å². The van der Waals surface area contributed by atoms with Gasteiger partial charge in [-0.3, -0.25) is 4.98 Å². The summed E-state index contributed by atoms with van der Waals surface area (Å²) in [5.41, 5.74) is 9.05. The molecule has 0 aliphatic carbocycles. The Balaban J connectivity index is 1.12. The van der Waals surface area contributed by atoms with E-state index in [4.69, 9.17) is 8.83 Å². The average Bonchev–Trinajstić information content (AvgIpc) is 3.77. The van der Waals surface area contributed by atoms with Crippen LogP contribution in [0.1, 0.15) is 0 Å². The number of aromatic nitrogens is 1. The van der Waals surface area contributed by atoms with Gasteiger partial charge in [-0.15, -0.1) is 0 Å². The summed E-state index contributed by atoms with van der Waals surface area (Å²) in [5, 5.41) is 11.2. The zero-order valence-electron chi connectivity index (χ0n) is 27.4. The average molecular weight is 653 g/mol. The lowest BCUT2D eigenvalue weighted by Gasteiger charge is -2.26. The number of hydrogen-bond donors (Lipinski definition) is 0. The number of para-hydroxylation sites is 2.